The Balaban J connectivity index is 1.68. The van der Waals surface area contributed by atoms with E-state index in [0.29, 0.717) is 5.69 Å². The van der Waals surface area contributed by atoms with Gasteiger partial charge in [-0.25, -0.2) is 14.5 Å². The lowest BCUT2D eigenvalue weighted by molar-refractivity contribution is -0.123. The van der Waals surface area contributed by atoms with Crippen LogP contribution in [-0.2, 0) is 9.53 Å². The average molecular weight is 387 g/mol. The summed E-state index contributed by atoms with van der Waals surface area (Å²) in [4.78, 5) is 40.2. The fourth-order valence-electron chi connectivity index (χ4n) is 2.28. The van der Waals surface area contributed by atoms with E-state index in [-0.39, 0.29) is 22.1 Å². The summed E-state index contributed by atoms with van der Waals surface area (Å²) in [5.74, 6) is -1.20. The van der Waals surface area contributed by atoms with Gasteiger partial charge in [-0.15, -0.1) is 0 Å². The van der Waals surface area contributed by atoms with Crippen molar-refractivity contribution in [3.63, 3.8) is 0 Å². The molecule has 2 aromatic heterocycles. The molecule has 0 aliphatic rings. The molecule has 3 aromatic rings. The zero-order chi connectivity index (χ0) is 19.4. The van der Waals surface area contributed by atoms with Crippen molar-refractivity contribution in [1.29, 1.82) is 0 Å². The van der Waals surface area contributed by atoms with Crippen molar-refractivity contribution in [2.75, 3.05) is 5.32 Å². The molecular formula is C18H15ClN4O4. The van der Waals surface area contributed by atoms with Crippen LogP contribution in [0.1, 0.15) is 17.3 Å². The van der Waals surface area contributed by atoms with Crippen LogP contribution in [-0.4, -0.2) is 32.7 Å². The van der Waals surface area contributed by atoms with Gasteiger partial charge in [-0.05, 0) is 31.2 Å². The van der Waals surface area contributed by atoms with E-state index in [0.717, 1.165) is 0 Å². The zero-order valence-corrected chi connectivity index (χ0v) is 14.9. The summed E-state index contributed by atoms with van der Waals surface area (Å²) >= 11 is 5.84. The van der Waals surface area contributed by atoms with Crippen LogP contribution in [0.15, 0.2) is 59.5 Å². The maximum absolute atomic E-state index is 12.3. The first-order chi connectivity index (χ1) is 13.0. The Morgan fingerprint density at radius 3 is 2.67 bits per heavy atom. The largest absolute Gasteiger partial charge is 0.449 e. The number of anilines is 1. The topological polar surface area (TPSA) is 106 Å². The van der Waals surface area contributed by atoms with E-state index in [1.807, 2.05) is 6.07 Å². The van der Waals surface area contributed by atoms with Crippen LogP contribution >= 0.6 is 11.6 Å². The number of nitrogens with zero attached hydrogens (tertiary/aromatic N) is 2. The lowest BCUT2D eigenvalue weighted by Crippen LogP contribution is -2.30. The molecule has 1 atom stereocenters. The summed E-state index contributed by atoms with van der Waals surface area (Å²) in [6.07, 6.45) is 0.320. The number of aromatic amines is 1. The summed E-state index contributed by atoms with van der Waals surface area (Å²) in [7, 11) is 0. The van der Waals surface area contributed by atoms with Crippen LogP contribution in [0.25, 0.3) is 5.69 Å². The van der Waals surface area contributed by atoms with E-state index >= 15 is 0 Å². The molecule has 0 radical (unpaired) electrons. The van der Waals surface area contributed by atoms with E-state index in [1.165, 1.54) is 36.0 Å². The minimum absolute atomic E-state index is 0.0145. The van der Waals surface area contributed by atoms with Gasteiger partial charge in [0.2, 0.25) is 0 Å². The molecule has 1 amide bonds. The fraction of sp³-hybridized carbons (Fsp3) is 0.111. The summed E-state index contributed by atoms with van der Waals surface area (Å²) in [6.45, 7) is 1.41. The number of hydrogen-bond acceptors (Lipinski definition) is 5. The minimum Gasteiger partial charge on any atom is -0.449 e. The lowest BCUT2D eigenvalue weighted by atomic mass is 10.3. The Morgan fingerprint density at radius 1 is 1.22 bits per heavy atom. The van der Waals surface area contributed by atoms with Gasteiger partial charge in [0.05, 0.1) is 11.3 Å². The van der Waals surface area contributed by atoms with Crippen LogP contribution in [0.3, 0.4) is 0 Å². The third-order valence-electron chi connectivity index (χ3n) is 3.62. The maximum Gasteiger partial charge on any atom is 0.342 e. The third-order valence-corrected chi connectivity index (χ3v) is 3.93. The van der Waals surface area contributed by atoms with Gasteiger partial charge in [0.25, 0.3) is 11.5 Å². The number of hydrogen-bond donors (Lipinski definition) is 2. The van der Waals surface area contributed by atoms with Crippen LogP contribution in [0.2, 0.25) is 5.15 Å². The highest BCUT2D eigenvalue weighted by Gasteiger charge is 2.21. The number of amides is 1. The number of esters is 1. The fourth-order valence-corrected chi connectivity index (χ4v) is 2.48. The molecule has 3 rings (SSSR count). The summed E-state index contributed by atoms with van der Waals surface area (Å²) in [5, 5.41) is 5.27. The van der Waals surface area contributed by atoms with E-state index in [4.69, 9.17) is 16.3 Å². The number of halogens is 1. The van der Waals surface area contributed by atoms with Gasteiger partial charge in [0, 0.05) is 12.3 Å². The minimum atomic E-state index is -1.11. The van der Waals surface area contributed by atoms with E-state index < -0.39 is 18.0 Å². The molecule has 2 heterocycles. The van der Waals surface area contributed by atoms with Crippen molar-refractivity contribution < 1.29 is 14.3 Å². The molecule has 0 bridgehead atoms. The van der Waals surface area contributed by atoms with Crippen molar-refractivity contribution in [3.05, 3.63) is 75.8 Å². The molecule has 2 N–H and O–H groups in total. The van der Waals surface area contributed by atoms with Gasteiger partial charge < -0.3 is 10.1 Å². The number of benzene rings is 1. The number of rotatable bonds is 5. The summed E-state index contributed by atoms with van der Waals surface area (Å²) in [5.41, 5.74) is 0.333. The molecule has 0 aliphatic carbocycles. The van der Waals surface area contributed by atoms with E-state index in [2.05, 4.69) is 15.4 Å². The molecule has 0 saturated carbocycles. The van der Waals surface area contributed by atoms with Gasteiger partial charge in [0.15, 0.2) is 6.10 Å². The summed E-state index contributed by atoms with van der Waals surface area (Å²) in [6, 6.07) is 13.1. The number of aromatic nitrogens is 3. The second-order valence-electron chi connectivity index (χ2n) is 5.56. The number of H-pyrrole nitrogens is 1. The highest BCUT2D eigenvalue weighted by molar-refractivity contribution is 6.32. The SMILES string of the molecule is CC(OC(=O)c1cccnc1Cl)C(=O)Nc1cc(=O)n(-c2ccccc2)[nH]1. The number of carbonyl (C=O) groups is 2. The average Bonchev–Trinajstić information content (AvgIpc) is 3.02. The van der Waals surface area contributed by atoms with E-state index in [1.54, 1.807) is 24.3 Å². The molecule has 138 valence electrons. The van der Waals surface area contributed by atoms with Crippen LogP contribution in [0.5, 0.6) is 0 Å². The Labute approximate surface area is 158 Å². The number of pyridine rings is 1. The molecular weight excluding hydrogens is 372 g/mol. The normalized spacial score (nSPS) is 11.6. The number of nitrogens with one attached hydrogen (secondary N) is 2. The first-order valence-corrected chi connectivity index (χ1v) is 8.33. The molecule has 0 fully saturated rings. The number of carbonyl (C=O) groups excluding carboxylic acids is 2. The molecule has 1 aromatic carbocycles. The van der Waals surface area contributed by atoms with Gasteiger partial charge >= 0.3 is 5.97 Å². The Morgan fingerprint density at radius 2 is 1.96 bits per heavy atom. The molecule has 8 nitrogen and oxygen atoms in total. The smallest absolute Gasteiger partial charge is 0.342 e. The number of para-hydroxylation sites is 1. The maximum atomic E-state index is 12.3. The van der Waals surface area contributed by atoms with Gasteiger partial charge in [-0.1, -0.05) is 29.8 Å². The predicted molar refractivity (Wildman–Crippen MR) is 99.1 cm³/mol. The molecule has 9 heteroatoms. The van der Waals surface area contributed by atoms with Crippen molar-refractivity contribution in [1.82, 2.24) is 14.8 Å². The van der Waals surface area contributed by atoms with Gasteiger partial charge in [-0.2, -0.15) is 0 Å². The van der Waals surface area contributed by atoms with Gasteiger partial charge in [-0.3, -0.25) is 14.7 Å². The van der Waals surface area contributed by atoms with Crippen molar-refractivity contribution >= 4 is 29.3 Å². The third kappa shape index (κ3) is 4.24. The first kappa shape index (κ1) is 18.4. The molecule has 1 unspecified atom stereocenters. The van der Waals surface area contributed by atoms with Crippen LogP contribution in [0.4, 0.5) is 5.82 Å². The summed E-state index contributed by atoms with van der Waals surface area (Å²) < 4.78 is 6.38. The first-order valence-electron chi connectivity index (χ1n) is 7.95. The quantitative estimate of drug-likeness (QED) is 0.517. The van der Waals surface area contributed by atoms with Crippen LogP contribution in [0, 0.1) is 0 Å². The molecule has 27 heavy (non-hydrogen) atoms. The lowest BCUT2D eigenvalue weighted by Gasteiger charge is -2.13. The monoisotopic (exact) mass is 386 g/mol. The molecule has 0 saturated heterocycles. The Hall–Kier alpha value is -3.39. The Bertz CT molecular complexity index is 1030. The molecule has 0 spiro atoms. The van der Waals surface area contributed by atoms with Crippen molar-refractivity contribution in [3.8, 4) is 5.69 Å². The highest BCUT2D eigenvalue weighted by atomic mass is 35.5. The Kier molecular flexibility index (Phi) is 5.37. The predicted octanol–water partition coefficient (Wildman–Crippen LogP) is 2.40. The zero-order valence-electron chi connectivity index (χ0n) is 14.2. The molecule has 0 aliphatic heterocycles. The number of ether oxygens (including phenoxy) is 1. The van der Waals surface area contributed by atoms with E-state index in [9.17, 15) is 14.4 Å². The second kappa shape index (κ2) is 7.88. The van der Waals surface area contributed by atoms with Crippen LogP contribution < -0.4 is 10.9 Å². The highest BCUT2D eigenvalue weighted by Crippen LogP contribution is 2.14. The van der Waals surface area contributed by atoms with Crippen molar-refractivity contribution in [2.45, 2.75) is 13.0 Å². The van der Waals surface area contributed by atoms with Crippen molar-refractivity contribution in [2.24, 2.45) is 0 Å². The van der Waals surface area contributed by atoms with Gasteiger partial charge in [0.1, 0.15) is 11.0 Å². The second-order valence-corrected chi connectivity index (χ2v) is 5.92. The standard InChI is InChI=1S/C18H15ClN4O4/c1-11(27-18(26)13-8-5-9-20-16(13)19)17(25)21-14-10-15(24)23(22-14)12-6-3-2-4-7-12/h2-11,22H,1H3,(H,21,25).